The zero-order valence-corrected chi connectivity index (χ0v) is 15.3. The van der Waals surface area contributed by atoms with Crippen LogP contribution in [0.2, 0.25) is 0 Å². The molecule has 0 saturated heterocycles. The topological polar surface area (TPSA) is 20.3 Å². The van der Waals surface area contributed by atoms with E-state index in [-0.39, 0.29) is 5.91 Å². The van der Waals surface area contributed by atoms with Crippen molar-refractivity contribution in [3.8, 4) is 0 Å². The molecule has 3 heteroatoms. The third-order valence-corrected chi connectivity index (χ3v) is 2.69. The van der Waals surface area contributed by atoms with Gasteiger partial charge in [0.25, 0.3) is 0 Å². The van der Waals surface area contributed by atoms with Gasteiger partial charge in [-0.05, 0) is 37.0 Å². The van der Waals surface area contributed by atoms with Crippen molar-refractivity contribution in [1.29, 1.82) is 0 Å². The van der Waals surface area contributed by atoms with Crippen LogP contribution in [0.15, 0.2) is 28.7 Å². The summed E-state index contributed by atoms with van der Waals surface area (Å²) in [5, 5.41) is 0. The number of benzene rings is 1. The second-order valence-corrected chi connectivity index (χ2v) is 7.28. The Morgan fingerprint density at radius 3 is 2.15 bits per heavy atom. The Bertz CT molecular complexity index is 404. The van der Waals surface area contributed by atoms with Gasteiger partial charge in [0.1, 0.15) is 0 Å². The fraction of sp³-hybridized carbons (Fsp3) is 0.588. The normalized spacial score (nSPS) is 10.6. The van der Waals surface area contributed by atoms with Crippen molar-refractivity contribution < 1.29 is 4.79 Å². The first-order valence-electron chi connectivity index (χ1n) is 7.25. The van der Waals surface area contributed by atoms with Crippen molar-refractivity contribution in [2.45, 2.75) is 54.4 Å². The lowest BCUT2D eigenvalue weighted by Crippen LogP contribution is -2.30. The number of halogens is 1. The third kappa shape index (κ3) is 9.13. The van der Waals surface area contributed by atoms with Gasteiger partial charge < -0.3 is 4.90 Å². The summed E-state index contributed by atoms with van der Waals surface area (Å²) in [7, 11) is 0. The minimum absolute atomic E-state index is 0.193. The summed E-state index contributed by atoms with van der Waals surface area (Å²) in [5.41, 5.74) is 1.46. The summed E-state index contributed by atoms with van der Waals surface area (Å²) in [6.45, 7) is 13.5. The van der Waals surface area contributed by atoms with Gasteiger partial charge in [0.2, 0.25) is 5.91 Å². The van der Waals surface area contributed by atoms with Crippen LogP contribution in [0.1, 0.15) is 54.4 Å². The van der Waals surface area contributed by atoms with Crippen molar-refractivity contribution in [3.05, 3.63) is 28.7 Å². The molecule has 114 valence electrons. The number of rotatable bonds is 4. The molecule has 0 bridgehead atoms. The number of anilines is 1. The maximum atomic E-state index is 11.8. The van der Waals surface area contributed by atoms with Crippen LogP contribution in [0.5, 0.6) is 0 Å². The van der Waals surface area contributed by atoms with Gasteiger partial charge >= 0.3 is 0 Å². The Hall–Kier alpha value is -0.830. The van der Waals surface area contributed by atoms with Crippen molar-refractivity contribution >= 4 is 27.5 Å². The van der Waals surface area contributed by atoms with Crippen LogP contribution in [0.3, 0.4) is 0 Å². The molecule has 0 aliphatic rings. The van der Waals surface area contributed by atoms with E-state index in [2.05, 4.69) is 43.6 Å². The Kier molecular flexibility index (Phi) is 8.79. The van der Waals surface area contributed by atoms with Gasteiger partial charge in [-0.25, -0.2) is 0 Å². The van der Waals surface area contributed by atoms with Crippen molar-refractivity contribution in [3.63, 3.8) is 0 Å². The summed E-state index contributed by atoms with van der Waals surface area (Å²) in [6, 6.07) is 7.84. The number of carbonyl (C=O) groups excluding carboxylic acids is 1. The predicted molar refractivity (Wildman–Crippen MR) is 92.2 cm³/mol. The lowest BCUT2D eigenvalue weighted by Gasteiger charge is -2.21. The summed E-state index contributed by atoms with van der Waals surface area (Å²) in [5.74, 6) is 0.193. The van der Waals surface area contributed by atoms with Crippen LogP contribution < -0.4 is 4.90 Å². The summed E-state index contributed by atoms with van der Waals surface area (Å²) in [4.78, 5) is 13.6. The summed E-state index contributed by atoms with van der Waals surface area (Å²) >= 11 is 3.41. The lowest BCUT2D eigenvalue weighted by atomic mass is 10.0. The van der Waals surface area contributed by atoms with Gasteiger partial charge in [0, 0.05) is 23.1 Å². The van der Waals surface area contributed by atoms with E-state index in [4.69, 9.17) is 0 Å². The van der Waals surface area contributed by atoms with Crippen LogP contribution >= 0.6 is 15.9 Å². The number of hydrogen-bond donors (Lipinski definition) is 0. The molecular weight excluding hydrogens is 314 g/mol. The highest BCUT2D eigenvalue weighted by Crippen LogP contribution is 2.20. The Balaban J connectivity index is 0.000000621. The van der Waals surface area contributed by atoms with Crippen LogP contribution in [-0.2, 0) is 4.79 Å². The number of hydrogen-bond acceptors (Lipinski definition) is 1. The van der Waals surface area contributed by atoms with Gasteiger partial charge in [0.05, 0.1) is 0 Å². The number of amides is 1. The van der Waals surface area contributed by atoms with Gasteiger partial charge in [-0.3, -0.25) is 4.79 Å². The highest BCUT2D eigenvalue weighted by atomic mass is 79.9. The molecule has 0 aromatic heterocycles. The van der Waals surface area contributed by atoms with E-state index in [1.165, 1.54) is 0 Å². The number of nitrogens with zero attached hydrogens (tertiary/aromatic N) is 1. The molecule has 0 atom stereocenters. The molecule has 1 amide bonds. The molecule has 0 aliphatic heterocycles. The van der Waals surface area contributed by atoms with Gasteiger partial charge in [-0.15, -0.1) is 0 Å². The SMILES string of the molecule is CC(C)(C)C.CCCC(=O)N(CC)c1cccc(Br)c1. The minimum Gasteiger partial charge on any atom is -0.313 e. The first kappa shape index (κ1) is 19.2. The maximum absolute atomic E-state index is 11.8. The molecule has 0 saturated carbocycles. The molecule has 1 aromatic carbocycles. The van der Waals surface area contributed by atoms with Crippen LogP contribution in [0.4, 0.5) is 5.69 Å². The van der Waals surface area contributed by atoms with Crippen LogP contribution in [-0.4, -0.2) is 12.5 Å². The van der Waals surface area contributed by atoms with E-state index in [0.717, 1.165) is 23.1 Å². The second-order valence-electron chi connectivity index (χ2n) is 6.37. The molecule has 0 radical (unpaired) electrons. The van der Waals surface area contributed by atoms with Gasteiger partial charge in [0.15, 0.2) is 0 Å². The molecular formula is C17H28BrNO. The molecule has 0 spiro atoms. The van der Waals surface area contributed by atoms with Crippen molar-refractivity contribution in [2.75, 3.05) is 11.4 Å². The Labute approximate surface area is 132 Å². The van der Waals surface area contributed by atoms with Crippen LogP contribution in [0.25, 0.3) is 0 Å². The van der Waals surface area contributed by atoms with E-state index in [9.17, 15) is 4.79 Å². The van der Waals surface area contributed by atoms with Gasteiger partial charge in [-0.1, -0.05) is 56.6 Å². The van der Waals surface area contributed by atoms with E-state index in [1.54, 1.807) is 0 Å². The molecule has 0 N–H and O–H groups in total. The monoisotopic (exact) mass is 341 g/mol. The van der Waals surface area contributed by atoms with Gasteiger partial charge in [-0.2, -0.15) is 0 Å². The van der Waals surface area contributed by atoms with Crippen molar-refractivity contribution in [2.24, 2.45) is 5.41 Å². The average molecular weight is 342 g/mol. The fourth-order valence-corrected chi connectivity index (χ4v) is 1.88. The standard InChI is InChI=1S/C12H16BrNO.C5H12/c1-3-6-12(15)14(4-2)11-8-5-7-10(13)9-11;1-5(2,3)4/h5,7-9H,3-4,6H2,1-2H3;1-4H3. The maximum Gasteiger partial charge on any atom is 0.226 e. The highest BCUT2D eigenvalue weighted by Gasteiger charge is 2.12. The highest BCUT2D eigenvalue weighted by molar-refractivity contribution is 9.10. The van der Waals surface area contributed by atoms with E-state index < -0.39 is 0 Å². The molecule has 2 nitrogen and oxygen atoms in total. The molecule has 20 heavy (non-hydrogen) atoms. The predicted octanol–water partition coefficient (Wildman–Crippen LogP) is 5.65. The zero-order valence-electron chi connectivity index (χ0n) is 13.7. The first-order chi connectivity index (χ1) is 9.19. The molecule has 0 heterocycles. The lowest BCUT2D eigenvalue weighted by molar-refractivity contribution is -0.118. The molecule has 1 aromatic rings. The Morgan fingerprint density at radius 2 is 1.75 bits per heavy atom. The molecule has 0 unspecified atom stereocenters. The third-order valence-electron chi connectivity index (χ3n) is 2.20. The Morgan fingerprint density at radius 1 is 1.20 bits per heavy atom. The number of carbonyl (C=O) groups is 1. The smallest absolute Gasteiger partial charge is 0.226 e. The molecule has 0 fully saturated rings. The first-order valence-corrected chi connectivity index (χ1v) is 8.04. The average Bonchev–Trinajstić information content (AvgIpc) is 2.28. The second kappa shape index (κ2) is 9.17. The van der Waals surface area contributed by atoms with Crippen LogP contribution in [0, 0.1) is 5.41 Å². The minimum atomic E-state index is 0.193. The van der Waals surface area contributed by atoms with Crippen molar-refractivity contribution in [1.82, 2.24) is 0 Å². The summed E-state index contributed by atoms with van der Waals surface area (Å²) in [6.07, 6.45) is 1.50. The largest absolute Gasteiger partial charge is 0.313 e. The molecule has 0 aliphatic carbocycles. The molecule has 1 rings (SSSR count). The zero-order chi connectivity index (χ0) is 15.8. The van der Waals surface area contributed by atoms with E-state index in [1.807, 2.05) is 43.0 Å². The summed E-state index contributed by atoms with van der Waals surface area (Å²) < 4.78 is 1.00. The fourth-order valence-electron chi connectivity index (χ4n) is 1.50. The quantitative estimate of drug-likeness (QED) is 0.692. The van der Waals surface area contributed by atoms with E-state index in [0.29, 0.717) is 11.8 Å². The van der Waals surface area contributed by atoms with E-state index >= 15 is 0 Å².